The average Bonchev–Trinajstić information content (AvgIpc) is 2.24. The number of rotatable bonds is 4. The van der Waals surface area contributed by atoms with Gasteiger partial charge < -0.3 is 9.84 Å². The molecule has 1 aromatic carbocycles. The van der Waals surface area contributed by atoms with Crippen molar-refractivity contribution in [3.05, 3.63) is 29.6 Å². The number of thioether (sulfide) groups is 1. The number of halogens is 1. The number of aliphatic hydroxyl groups is 1. The molecule has 0 saturated heterocycles. The van der Waals surface area contributed by atoms with Crippen molar-refractivity contribution < 1.29 is 14.2 Å². The molecule has 0 heterocycles. The summed E-state index contributed by atoms with van der Waals surface area (Å²) in [4.78, 5) is 0. The first-order valence-corrected chi connectivity index (χ1v) is 6.47. The van der Waals surface area contributed by atoms with E-state index in [0.29, 0.717) is 17.1 Å². The molecule has 17 heavy (non-hydrogen) atoms. The van der Waals surface area contributed by atoms with Crippen molar-refractivity contribution >= 4 is 11.8 Å². The van der Waals surface area contributed by atoms with Gasteiger partial charge in [0.2, 0.25) is 0 Å². The summed E-state index contributed by atoms with van der Waals surface area (Å²) in [6.45, 7) is 6.19. The Morgan fingerprint density at radius 2 is 2.06 bits per heavy atom. The maximum absolute atomic E-state index is 13.7. The lowest BCUT2D eigenvalue weighted by Crippen LogP contribution is -2.12. The first-order valence-electron chi connectivity index (χ1n) is 5.49. The minimum Gasteiger partial charge on any atom is -0.497 e. The van der Waals surface area contributed by atoms with Gasteiger partial charge in [0, 0.05) is 22.1 Å². The van der Waals surface area contributed by atoms with Crippen molar-refractivity contribution in [2.24, 2.45) is 0 Å². The number of aliphatic hydroxyl groups excluding tert-OH is 1. The van der Waals surface area contributed by atoms with Gasteiger partial charge in [0.15, 0.2) is 0 Å². The zero-order chi connectivity index (χ0) is 13.1. The second kappa shape index (κ2) is 5.74. The second-order valence-electron chi connectivity index (χ2n) is 4.83. The monoisotopic (exact) mass is 258 g/mol. The number of hydrogen-bond donors (Lipinski definition) is 1. The van der Waals surface area contributed by atoms with Crippen LogP contribution in [0, 0.1) is 5.82 Å². The molecule has 96 valence electrons. The van der Waals surface area contributed by atoms with Crippen LogP contribution >= 0.6 is 11.8 Å². The van der Waals surface area contributed by atoms with E-state index in [1.807, 2.05) is 0 Å². The molecule has 1 N–H and O–H groups in total. The van der Waals surface area contributed by atoms with Crippen LogP contribution in [-0.4, -0.2) is 22.7 Å². The lowest BCUT2D eigenvalue weighted by atomic mass is 10.1. The molecule has 1 aromatic rings. The van der Waals surface area contributed by atoms with E-state index < -0.39 is 11.9 Å². The highest BCUT2D eigenvalue weighted by atomic mass is 32.2. The summed E-state index contributed by atoms with van der Waals surface area (Å²) in [5, 5.41) is 9.93. The van der Waals surface area contributed by atoms with Crippen molar-refractivity contribution in [2.45, 2.75) is 31.6 Å². The van der Waals surface area contributed by atoms with Gasteiger partial charge in [-0.15, -0.1) is 0 Å². The van der Waals surface area contributed by atoms with Crippen LogP contribution in [0.2, 0.25) is 0 Å². The maximum atomic E-state index is 13.7. The fraction of sp³-hybridized carbons (Fsp3) is 0.538. The molecular weight excluding hydrogens is 239 g/mol. The fourth-order valence-corrected chi connectivity index (χ4v) is 2.16. The number of benzene rings is 1. The van der Waals surface area contributed by atoms with Crippen molar-refractivity contribution in [3.8, 4) is 5.75 Å². The molecule has 1 atom stereocenters. The van der Waals surface area contributed by atoms with E-state index in [4.69, 9.17) is 4.74 Å². The van der Waals surface area contributed by atoms with E-state index in [0.717, 1.165) is 0 Å². The molecule has 0 bridgehead atoms. The predicted molar refractivity (Wildman–Crippen MR) is 70.1 cm³/mol. The Bertz CT molecular complexity index is 374. The van der Waals surface area contributed by atoms with Crippen LogP contribution in [0.15, 0.2) is 18.2 Å². The molecule has 0 aromatic heterocycles. The Morgan fingerprint density at radius 3 is 2.53 bits per heavy atom. The Hall–Kier alpha value is -0.740. The summed E-state index contributed by atoms with van der Waals surface area (Å²) >= 11 is 1.61. The quantitative estimate of drug-likeness (QED) is 0.897. The third kappa shape index (κ3) is 4.56. The first-order chi connectivity index (χ1) is 7.83. The van der Waals surface area contributed by atoms with Crippen molar-refractivity contribution in [2.75, 3.05) is 12.9 Å². The summed E-state index contributed by atoms with van der Waals surface area (Å²) in [6, 6.07) is 4.52. The topological polar surface area (TPSA) is 29.5 Å². The molecule has 2 nitrogen and oxygen atoms in total. The molecule has 4 heteroatoms. The van der Waals surface area contributed by atoms with Crippen LogP contribution < -0.4 is 4.74 Å². The van der Waals surface area contributed by atoms with E-state index >= 15 is 0 Å². The molecule has 0 radical (unpaired) electrons. The lowest BCUT2D eigenvalue weighted by molar-refractivity contribution is 0.198. The van der Waals surface area contributed by atoms with E-state index in [-0.39, 0.29) is 4.75 Å². The molecule has 1 unspecified atom stereocenters. The van der Waals surface area contributed by atoms with Crippen LogP contribution in [0.1, 0.15) is 32.4 Å². The fourth-order valence-electron chi connectivity index (χ4n) is 1.32. The number of methoxy groups -OCH3 is 1. The van der Waals surface area contributed by atoms with E-state index in [2.05, 4.69) is 20.8 Å². The lowest BCUT2D eigenvalue weighted by Gasteiger charge is -2.20. The normalized spacial score (nSPS) is 13.5. The largest absolute Gasteiger partial charge is 0.497 e. The predicted octanol–water partition coefficient (Wildman–Crippen LogP) is 3.40. The average molecular weight is 258 g/mol. The Balaban J connectivity index is 2.72. The van der Waals surface area contributed by atoms with Gasteiger partial charge in [0.25, 0.3) is 0 Å². The molecule has 0 saturated carbocycles. The van der Waals surface area contributed by atoms with E-state index in [1.54, 1.807) is 23.9 Å². The zero-order valence-electron chi connectivity index (χ0n) is 10.7. The van der Waals surface area contributed by atoms with Gasteiger partial charge >= 0.3 is 0 Å². The van der Waals surface area contributed by atoms with Crippen LogP contribution in [0.4, 0.5) is 4.39 Å². The smallest absolute Gasteiger partial charge is 0.132 e. The van der Waals surface area contributed by atoms with Gasteiger partial charge in [-0.3, -0.25) is 0 Å². The minimum atomic E-state index is -0.787. The highest BCUT2D eigenvalue weighted by molar-refractivity contribution is 8.00. The third-order valence-corrected chi connectivity index (χ3v) is 3.59. The Labute approximate surface area is 106 Å². The molecule has 0 aliphatic rings. The summed E-state index contributed by atoms with van der Waals surface area (Å²) in [5.41, 5.74) is 0.322. The number of ether oxygens (including phenoxy) is 1. The van der Waals surface area contributed by atoms with Gasteiger partial charge in [-0.05, 0) is 12.1 Å². The van der Waals surface area contributed by atoms with Crippen molar-refractivity contribution in [1.29, 1.82) is 0 Å². The minimum absolute atomic E-state index is 0.0595. The molecule has 1 rings (SSSR count). The molecule has 0 fully saturated rings. The van der Waals surface area contributed by atoms with Gasteiger partial charge in [-0.25, -0.2) is 4.39 Å². The summed E-state index contributed by atoms with van der Waals surface area (Å²) in [6.07, 6.45) is -0.787. The summed E-state index contributed by atoms with van der Waals surface area (Å²) in [7, 11) is 1.49. The highest BCUT2D eigenvalue weighted by Crippen LogP contribution is 2.30. The Kier molecular flexibility index (Phi) is 4.83. The second-order valence-corrected chi connectivity index (χ2v) is 6.67. The SMILES string of the molecule is COc1ccc(C(O)CSC(C)(C)C)c(F)c1. The molecule has 0 amide bonds. The van der Waals surface area contributed by atoms with Gasteiger partial charge in [0.05, 0.1) is 13.2 Å². The molecule has 0 aliphatic carbocycles. The van der Waals surface area contributed by atoms with E-state index in [1.165, 1.54) is 13.2 Å². The first kappa shape index (κ1) is 14.3. The van der Waals surface area contributed by atoms with Crippen LogP contribution in [-0.2, 0) is 0 Å². The zero-order valence-corrected chi connectivity index (χ0v) is 11.5. The van der Waals surface area contributed by atoms with Gasteiger partial charge in [0.1, 0.15) is 11.6 Å². The van der Waals surface area contributed by atoms with Gasteiger partial charge in [-0.2, -0.15) is 11.8 Å². The van der Waals surface area contributed by atoms with Crippen molar-refractivity contribution in [3.63, 3.8) is 0 Å². The highest BCUT2D eigenvalue weighted by Gasteiger charge is 2.18. The third-order valence-electron chi connectivity index (χ3n) is 2.24. The van der Waals surface area contributed by atoms with Crippen LogP contribution in [0.5, 0.6) is 5.75 Å². The van der Waals surface area contributed by atoms with Crippen molar-refractivity contribution in [1.82, 2.24) is 0 Å². The number of hydrogen-bond acceptors (Lipinski definition) is 3. The maximum Gasteiger partial charge on any atom is 0.132 e. The molecular formula is C13H19FO2S. The van der Waals surface area contributed by atoms with Crippen LogP contribution in [0.25, 0.3) is 0 Å². The summed E-state index contributed by atoms with van der Waals surface area (Å²) < 4.78 is 18.6. The summed E-state index contributed by atoms with van der Waals surface area (Å²) in [5.74, 6) is 0.514. The molecule has 0 spiro atoms. The van der Waals surface area contributed by atoms with Gasteiger partial charge in [-0.1, -0.05) is 20.8 Å². The Morgan fingerprint density at radius 1 is 1.41 bits per heavy atom. The van der Waals surface area contributed by atoms with Crippen LogP contribution in [0.3, 0.4) is 0 Å². The molecule has 0 aliphatic heterocycles. The standard InChI is InChI=1S/C13H19FO2S/c1-13(2,3)17-8-12(15)10-6-5-9(16-4)7-11(10)14/h5-7,12,15H,8H2,1-4H3. The van der Waals surface area contributed by atoms with E-state index in [9.17, 15) is 9.50 Å².